The van der Waals surface area contributed by atoms with Gasteiger partial charge in [-0.1, -0.05) is 18.2 Å². The lowest BCUT2D eigenvalue weighted by molar-refractivity contribution is 0.295. The van der Waals surface area contributed by atoms with E-state index >= 15 is 0 Å². The first-order valence-electron chi connectivity index (χ1n) is 7.57. The van der Waals surface area contributed by atoms with Gasteiger partial charge in [-0.2, -0.15) is 5.10 Å². The zero-order valence-corrected chi connectivity index (χ0v) is 13.2. The molecule has 1 aliphatic rings. The van der Waals surface area contributed by atoms with Crippen molar-refractivity contribution >= 4 is 9.84 Å². The standard InChI is InChI=1S/C16H20N2O3S/c19-10-5-11-22(20,21)12-15-14-8-4-9-16(14)18(17-15)13-6-2-1-3-7-13/h1-3,6-7,19H,4-5,8-12H2. The Hall–Kier alpha value is -1.66. The quantitative estimate of drug-likeness (QED) is 0.878. The predicted molar refractivity (Wildman–Crippen MR) is 84.8 cm³/mol. The molecule has 6 heteroatoms. The summed E-state index contributed by atoms with van der Waals surface area (Å²) < 4.78 is 26.2. The highest BCUT2D eigenvalue weighted by atomic mass is 32.2. The van der Waals surface area contributed by atoms with E-state index in [-0.39, 0.29) is 24.5 Å². The monoisotopic (exact) mass is 320 g/mol. The van der Waals surface area contributed by atoms with Crippen LogP contribution >= 0.6 is 0 Å². The summed E-state index contributed by atoms with van der Waals surface area (Å²) in [7, 11) is -3.22. The molecule has 0 saturated carbocycles. The highest BCUT2D eigenvalue weighted by Crippen LogP contribution is 2.28. The number of hydrogen-bond acceptors (Lipinski definition) is 4. The van der Waals surface area contributed by atoms with Crippen molar-refractivity contribution in [2.45, 2.75) is 31.4 Å². The lowest BCUT2D eigenvalue weighted by Crippen LogP contribution is -2.12. The third-order valence-corrected chi connectivity index (χ3v) is 5.61. The summed E-state index contributed by atoms with van der Waals surface area (Å²) in [6, 6.07) is 9.82. The highest BCUT2D eigenvalue weighted by Gasteiger charge is 2.26. The van der Waals surface area contributed by atoms with Gasteiger partial charge in [0.1, 0.15) is 0 Å². The molecule has 0 radical (unpaired) electrons. The minimum absolute atomic E-state index is 0.0104. The van der Waals surface area contributed by atoms with Crippen molar-refractivity contribution in [3.8, 4) is 5.69 Å². The second-order valence-corrected chi connectivity index (χ2v) is 7.83. The fourth-order valence-corrected chi connectivity index (χ4v) is 4.34. The van der Waals surface area contributed by atoms with E-state index in [4.69, 9.17) is 5.11 Å². The van der Waals surface area contributed by atoms with Gasteiger partial charge >= 0.3 is 0 Å². The van der Waals surface area contributed by atoms with Gasteiger partial charge < -0.3 is 5.11 Å². The average molecular weight is 320 g/mol. The number of nitrogens with zero attached hydrogens (tertiary/aromatic N) is 2. The number of aliphatic hydroxyl groups excluding tert-OH is 1. The maximum absolute atomic E-state index is 12.1. The number of fused-ring (bicyclic) bond motifs is 1. The maximum Gasteiger partial charge on any atom is 0.156 e. The molecule has 0 fully saturated rings. The third-order valence-electron chi connectivity index (χ3n) is 3.98. The Morgan fingerprint density at radius 2 is 1.95 bits per heavy atom. The third kappa shape index (κ3) is 3.08. The number of rotatable bonds is 6. The van der Waals surface area contributed by atoms with Gasteiger partial charge in [0, 0.05) is 12.3 Å². The van der Waals surface area contributed by atoms with Crippen molar-refractivity contribution < 1.29 is 13.5 Å². The second kappa shape index (κ2) is 6.22. The Morgan fingerprint density at radius 3 is 2.68 bits per heavy atom. The number of sulfone groups is 1. The van der Waals surface area contributed by atoms with E-state index in [2.05, 4.69) is 5.10 Å². The van der Waals surface area contributed by atoms with Crippen LogP contribution in [0.2, 0.25) is 0 Å². The lowest BCUT2D eigenvalue weighted by atomic mass is 10.2. The minimum atomic E-state index is -3.22. The van der Waals surface area contributed by atoms with Gasteiger partial charge in [0.2, 0.25) is 0 Å². The van der Waals surface area contributed by atoms with Gasteiger partial charge in [0.25, 0.3) is 0 Å². The summed E-state index contributed by atoms with van der Waals surface area (Å²) in [5.41, 5.74) is 3.88. The van der Waals surface area contributed by atoms with Gasteiger partial charge in [0.05, 0.1) is 22.9 Å². The first-order chi connectivity index (χ1) is 10.6. The molecule has 0 aliphatic heterocycles. The smallest absolute Gasteiger partial charge is 0.156 e. The largest absolute Gasteiger partial charge is 0.396 e. The SMILES string of the molecule is O=S(=O)(CCCO)Cc1nn(-c2ccccc2)c2c1CCC2. The Bertz CT molecular complexity index is 751. The number of aromatic nitrogens is 2. The van der Waals surface area contributed by atoms with E-state index in [0.717, 1.165) is 36.2 Å². The first kappa shape index (κ1) is 15.2. The fourth-order valence-electron chi connectivity index (χ4n) is 2.98. The molecule has 0 unspecified atom stereocenters. The van der Waals surface area contributed by atoms with Crippen molar-refractivity contribution in [1.82, 2.24) is 9.78 Å². The zero-order chi connectivity index (χ0) is 15.6. The first-order valence-corrected chi connectivity index (χ1v) is 9.39. The van der Waals surface area contributed by atoms with Crippen molar-refractivity contribution in [3.05, 3.63) is 47.3 Å². The molecule has 1 N–H and O–H groups in total. The maximum atomic E-state index is 12.1. The number of para-hydroxylation sites is 1. The summed E-state index contributed by atoms with van der Waals surface area (Å²) >= 11 is 0. The Kier molecular flexibility index (Phi) is 4.31. The van der Waals surface area contributed by atoms with E-state index < -0.39 is 9.84 Å². The predicted octanol–water partition coefficient (Wildman–Crippen LogP) is 1.66. The molecule has 3 rings (SSSR count). The van der Waals surface area contributed by atoms with Crippen LogP contribution in [-0.2, 0) is 28.4 Å². The number of hydrogen-bond donors (Lipinski definition) is 1. The summed E-state index contributed by atoms with van der Waals surface area (Å²) in [6.07, 6.45) is 3.16. The van der Waals surface area contributed by atoms with Gasteiger partial charge in [-0.3, -0.25) is 0 Å². The average Bonchev–Trinajstić information content (AvgIpc) is 3.10. The van der Waals surface area contributed by atoms with Crippen LogP contribution in [0.25, 0.3) is 5.69 Å². The molecule has 1 aromatic carbocycles. The van der Waals surface area contributed by atoms with Crippen LogP contribution in [-0.4, -0.2) is 35.7 Å². The Balaban J connectivity index is 1.94. The summed E-state index contributed by atoms with van der Waals surface area (Å²) in [4.78, 5) is 0. The van der Waals surface area contributed by atoms with Crippen LogP contribution in [0.1, 0.15) is 29.8 Å². The molecule has 22 heavy (non-hydrogen) atoms. The summed E-state index contributed by atoms with van der Waals surface area (Å²) in [6.45, 7) is -0.101. The molecule has 0 amide bonds. The molecule has 0 spiro atoms. The molecular formula is C16H20N2O3S. The summed E-state index contributed by atoms with van der Waals surface area (Å²) in [5.74, 6) is -0.0222. The molecule has 1 heterocycles. The van der Waals surface area contributed by atoms with Crippen LogP contribution in [0, 0.1) is 0 Å². The molecule has 118 valence electrons. The fraction of sp³-hybridized carbons (Fsp3) is 0.438. The van der Waals surface area contributed by atoms with E-state index in [1.54, 1.807) is 0 Å². The van der Waals surface area contributed by atoms with Crippen molar-refractivity contribution in [1.29, 1.82) is 0 Å². The van der Waals surface area contributed by atoms with Crippen LogP contribution in [0.3, 0.4) is 0 Å². The second-order valence-electron chi connectivity index (χ2n) is 5.64. The minimum Gasteiger partial charge on any atom is -0.396 e. The highest BCUT2D eigenvalue weighted by molar-refractivity contribution is 7.90. The Morgan fingerprint density at radius 1 is 1.18 bits per heavy atom. The van der Waals surface area contributed by atoms with Crippen LogP contribution in [0.4, 0.5) is 0 Å². The van der Waals surface area contributed by atoms with E-state index in [1.165, 1.54) is 0 Å². The molecule has 0 saturated heterocycles. The zero-order valence-electron chi connectivity index (χ0n) is 12.4. The molecule has 1 aromatic heterocycles. The van der Waals surface area contributed by atoms with Gasteiger partial charge in [-0.15, -0.1) is 0 Å². The molecular weight excluding hydrogens is 300 g/mol. The van der Waals surface area contributed by atoms with Crippen molar-refractivity contribution in [3.63, 3.8) is 0 Å². The van der Waals surface area contributed by atoms with Gasteiger partial charge in [-0.05, 0) is 43.4 Å². The van der Waals surface area contributed by atoms with Crippen LogP contribution in [0.15, 0.2) is 30.3 Å². The van der Waals surface area contributed by atoms with Crippen LogP contribution < -0.4 is 0 Å². The van der Waals surface area contributed by atoms with Gasteiger partial charge in [0.15, 0.2) is 9.84 Å². The topological polar surface area (TPSA) is 72.2 Å². The lowest BCUT2D eigenvalue weighted by Gasteiger charge is -2.05. The number of aliphatic hydroxyl groups is 1. The van der Waals surface area contributed by atoms with Crippen molar-refractivity contribution in [2.24, 2.45) is 0 Å². The number of benzene rings is 1. The molecule has 2 aromatic rings. The summed E-state index contributed by atoms with van der Waals surface area (Å²) in [5, 5.41) is 13.4. The normalized spacial score (nSPS) is 14.2. The van der Waals surface area contributed by atoms with Gasteiger partial charge in [-0.25, -0.2) is 13.1 Å². The van der Waals surface area contributed by atoms with E-state index in [9.17, 15) is 8.42 Å². The molecule has 0 atom stereocenters. The molecule has 1 aliphatic carbocycles. The van der Waals surface area contributed by atoms with E-state index in [1.807, 2.05) is 35.0 Å². The molecule has 0 bridgehead atoms. The molecule has 5 nitrogen and oxygen atoms in total. The van der Waals surface area contributed by atoms with Crippen LogP contribution in [0.5, 0.6) is 0 Å². The Labute approximate surface area is 130 Å². The van der Waals surface area contributed by atoms with E-state index in [0.29, 0.717) is 5.69 Å². The van der Waals surface area contributed by atoms with Crippen molar-refractivity contribution in [2.75, 3.05) is 12.4 Å².